The minimum atomic E-state index is -0.0976. The van der Waals surface area contributed by atoms with E-state index in [0.717, 1.165) is 24.5 Å². The van der Waals surface area contributed by atoms with E-state index in [2.05, 4.69) is 15.2 Å². The number of amides is 2. The monoisotopic (exact) mass is 326 g/mol. The zero-order chi connectivity index (χ0) is 16.9. The maximum absolute atomic E-state index is 12.5. The molecule has 1 aliphatic heterocycles. The number of aromatic nitrogens is 1. The molecule has 1 N–H and O–H groups in total. The van der Waals surface area contributed by atoms with Gasteiger partial charge in [-0.15, -0.1) is 0 Å². The number of anilines is 2. The number of pyridine rings is 1. The van der Waals surface area contributed by atoms with E-state index in [1.165, 1.54) is 0 Å². The van der Waals surface area contributed by atoms with Crippen molar-refractivity contribution in [1.29, 1.82) is 0 Å². The van der Waals surface area contributed by atoms with Crippen LogP contribution in [0.3, 0.4) is 0 Å². The highest BCUT2D eigenvalue weighted by Crippen LogP contribution is 2.25. The number of piperazine rings is 1. The van der Waals surface area contributed by atoms with E-state index in [1.807, 2.05) is 48.2 Å². The van der Waals surface area contributed by atoms with Crippen LogP contribution in [0, 0.1) is 6.92 Å². The highest BCUT2D eigenvalue weighted by molar-refractivity contribution is 5.91. The first-order valence-corrected chi connectivity index (χ1v) is 8.04. The van der Waals surface area contributed by atoms with Crippen molar-refractivity contribution in [1.82, 2.24) is 9.88 Å². The van der Waals surface area contributed by atoms with Gasteiger partial charge >= 0.3 is 6.03 Å². The van der Waals surface area contributed by atoms with Gasteiger partial charge in [-0.2, -0.15) is 0 Å². The van der Waals surface area contributed by atoms with Crippen LogP contribution < -0.4 is 15.0 Å². The van der Waals surface area contributed by atoms with Crippen molar-refractivity contribution >= 4 is 17.5 Å². The van der Waals surface area contributed by atoms with Crippen LogP contribution in [0.4, 0.5) is 16.3 Å². The topological polar surface area (TPSA) is 57.7 Å². The van der Waals surface area contributed by atoms with Crippen molar-refractivity contribution in [2.75, 3.05) is 43.5 Å². The Bertz CT molecular complexity index is 697. The smallest absolute Gasteiger partial charge is 0.322 e. The van der Waals surface area contributed by atoms with Crippen LogP contribution in [-0.2, 0) is 0 Å². The van der Waals surface area contributed by atoms with E-state index in [1.54, 1.807) is 13.3 Å². The van der Waals surface area contributed by atoms with Crippen LogP contribution in [0.2, 0.25) is 0 Å². The third-order valence-corrected chi connectivity index (χ3v) is 4.14. The number of carbonyl (C=O) groups is 1. The average Bonchev–Trinajstić information content (AvgIpc) is 2.63. The molecule has 2 amide bonds. The van der Waals surface area contributed by atoms with Gasteiger partial charge in [-0.25, -0.2) is 9.78 Å². The van der Waals surface area contributed by atoms with Crippen LogP contribution in [0.25, 0.3) is 0 Å². The summed E-state index contributed by atoms with van der Waals surface area (Å²) in [5.74, 6) is 1.62. The Morgan fingerprint density at radius 2 is 1.96 bits per heavy atom. The molecule has 1 aromatic heterocycles. The molecule has 1 saturated heterocycles. The summed E-state index contributed by atoms with van der Waals surface area (Å²) in [5.41, 5.74) is 1.78. The van der Waals surface area contributed by atoms with E-state index < -0.39 is 0 Å². The van der Waals surface area contributed by atoms with E-state index in [0.29, 0.717) is 24.5 Å². The normalized spacial score (nSPS) is 14.4. The summed E-state index contributed by atoms with van der Waals surface area (Å²) in [6.07, 6.45) is 1.79. The average molecular weight is 326 g/mol. The molecule has 6 heteroatoms. The number of aryl methyl sites for hydroxylation is 1. The molecule has 2 heterocycles. The molecule has 0 radical (unpaired) electrons. The van der Waals surface area contributed by atoms with Crippen molar-refractivity contribution in [3.63, 3.8) is 0 Å². The summed E-state index contributed by atoms with van der Waals surface area (Å²) in [6, 6.07) is 11.5. The number of ether oxygens (including phenoxy) is 1. The zero-order valence-electron chi connectivity index (χ0n) is 14.0. The first-order chi connectivity index (χ1) is 11.7. The number of urea groups is 1. The summed E-state index contributed by atoms with van der Waals surface area (Å²) in [6.45, 7) is 4.86. The summed E-state index contributed by atoms with van der Waals surface area (Å²) in [5, 5.41) is 2.95. The molecular weight excluding hydrogens is 304 g/mol. The van der Waals surface area contributed by atoms with Crippen LogP contribution >= 0.6 is 0 Å². The Hall–Kier alpha value is -2.76. The van der Waals surface area contributed by atoms with Gasteiger partial charge in [0.2, 0.25) is 0 Å². The van der Waals surface area contributed by atoms with Gasteiger partial charge in [0.25, 0.3) is 0 Å². The van der Waals surface area contributed by atoms with Crippen LogP contribution in [-0.4, -0.2) is 49.2 Å². The largest absolute Gasteiger partial charge is 0.495 e. The minimum absolute atomic E-state index is 0.0976. The fraction of sp³-hybridized carbons (Fsp3) is 0.333. The summed E-state index contributed by atoms with van der Waals surface area (Å²) < 4.78 is 5.31. The molecule has 1 aromatic carbocycles. The summed E-state index contributed by atoms with van der Waals surface area (Å²) >= 11 is 0. The maximum atomic E-state index is 12.5. The lowest BCUT2D eigenvalue weighted by molar-refractivity contribution is 0.208. The Kier molecular flexibility index (Phi) is 4.84. The molecular formula is C18H22N4O2. The van der Waals surface area contributed by atoms with Crippen molar-refractivity contribution in [2.24, 2.45) is 0 Å². The van der Waals surface area contributed by atoms with Gasteiger partial charge in [-0.1, -0.05) is 12.1 Å². The van der Waals surface area contributed by atoms with E-state index in [9.17, 15) is 4.79 Å². The van der Waals surface area contributed by atoms with Crippen molar-refractivity contribution < 1.29 is 9.53 Å². The second-order valence-corrected chi connectivity index (χ2v) is 5.80. The van der Waals surface area contributed by atoms with E-state index in [-0.39, 0.29) is 6.03 Å². The first kappa shape index (κ1) is 16.1. The molecule has 0 bridgehead atoms. The lowest BCUT2D eigenvalue weighted by Gasteiger charge is -2.35. The molecule has 24 heavy (non-hydrogen) atoms. The molecule has 0 unspecified atom stereocenters. The van der Waals surface area contributed by atoms with Crippen LogP contribution in [0.1, 0.15) is 5.56 Å². The molecule has 0 aliphatic carbocycles. The van der Waals surface area contributed by atoms with Crippen molar-refractivity contribution in [3.05, 3.63) is 48.2 Å². The quantitative estimate of drug-likeness (QED) is 0.942. The van der Waals surface area contributed by atoms with Crippen LogP contribution in [0.15, 0.2) is 42.6 Å². The van der Waals surface area contributed by atoms with Gasteiger partial charge in [0, 0.05) is 32.4 Å². The fourth-order valence-corrected chi connectivity index (χ4v) is 2.79. The highest BCUT2D eigenvalue weighted by Gasteiger charge is 2.22. The highest BCUT2D eigenvalue weighted by atomic mass is 16.5. The number of nitrogens with zero attached hydrogens (tertiary/aromatic N) is 3. The first-order valence-electron chi connectivity index (χ1n) is 8.04. The van der Waals surface area contributed by atoms with E-state index in [4.69, 9.17) is 4.74 Å². The third kappa shape index (κ3) is 3.59. The molecule has 6 nitrogen and oxygen atoms in total. The van der Waals surface area contributed by atoms with Crippen molar-refractivity contribution in [2.45, 2.75) is 6.92 Å². The fourth-order valence-electron chi connectivity index (χ4n) is 2.79. The maximum Gasteiger partial charge on any atom is 0.322 e. The Morgan fingerprint density at radius 3 is 2.62 bits per heavy atom. The number of hydrogen-bond donors (Lipinski definition) is 1. The molecule has 0 atom stereocenters. The number of hydrogen-bond acceptors (Lipinski definition) is 4. The van der Waals surface area contributed by atoms with Gasteiger partial charge in [0.1, 0.15) is 11.6 Å². The van der Waals surface area contributed by atoms with Gasteiger partial charge in [0.15, 0.2) is 0 Å². The second-order valence-electron chi connectivity index (χ2n) is 5.80. The zero-order valence-corrected chi connectivity index (χ0v) is 14.0. The molecule has 3 rings (SSSR count). The van der Waals surface area contributed by atoms with Gasteiger partial charge in [-0.3, -0.25) is 0 Å². The van der Waals surface area contributed by atoms with E-state index >= 15 is 0 Å². The Labute approximate surface area is 142 Å². The molecule has 1 aliphatic rings. The number of benzene rings is 1. The third-order valence-electron chi connectivity index (χ3n) is 4.14. The van der Waals surface area contributed by atoms with Crippen LogP contribution in [0.5, 0.6) is 5.75 Å². The molecule has 2 aromatic rings. The Balaban J connectivity index is 1.61. The minimum Gasteiger partial charge on any atom is -0.495 e. The van der Waals surface area contributed by atoms with Gasteiger partial charge < -0.3 is 19.9 Å². The molecule has 0 saturated carbocycles. The summed E-state index contributed by atoms with van der Waals surface area (Å²) in [7, 11) is 1.60. The number of methoxy groups -OCH3 is 1. The number of nitrogens with one attached hydrogen (secondary N) is 1. The summed E-state index contributed by atoms with van der Waals surface area (Å²) in [4.78, 5) is 20.9. The lowest BCUT2D eigenvalue weighted by atomic mass is 10.2. The van der Waals surface area contributed by atoms with Gasteiger partial charge in [-0.05, 0) is 36.8 Å². The van der Waals surface area contributed by atoms with Crippen molar-refractivity contribution in [3.8, 4) is 5.75 Å². The SMILES string of the molecule is COc1ccc(C)cc1NC(=O)N1CCN(c2ccccn2)CC1. The van der Waals surface area contributed by atoms with Gasteiger partial charge in [0.05, 0.1) is 12.8 Å². The number of rotatable bonds is 3. The predicted octanol–water partition coefficient (Wildman–Crippen LogP) is 2.75. The predicted molar refractivity (Wildman–Crippen MR) is 94.8 cm³/mol. The number of carbonyl (C=O) groups excluding carboxylic acids is 1. The second kappa shape index (κ2) is 7.21. The lowest BCUT2D eigenvalue weighted by Crippen LogP contribution is -2.50. The standard InChI is InChI=1S/C18H22N4O2/c1-14-6-7-16(24-2)15(13-14)20-18(23)22-11-9-21(10-12-22)17-5-3-4-8-19-17/h3-8,13H,9-12H2,1-2H3,(H,20,23). The molecule has 1 fully saturated rings. The Morgan fingerprint density at radius 1 is 1.17 bits per heavy atom. The molecule has 126 valence electrons. The molecule has 0 spiro atoms.